The zero-order chi connectivity index (χ0) is 9.68. The van der Waals surface area contributed by atoms with E-state index in [0.29, 0.717) is 6.54 Å². The van der Waals surface area contributed by atoms with Gasteiger partial charge in [-0.25, -0.2) is 0 Å². The first-order valence-corrected chi connectivity index (χ1v) is 4.09. The number of hydrogen-bond acceptors (Lipinski definition) is 2. The Labute approximate surface area is 81.4 Å². The van der Waals surface area contributed by atoms with Crippen molar-refractivity contribution in [3.8, 4) is 0 Å². The van der Waals surface area contributed by atoms with Gasteiger partial charge in [-0.2, -0.15) is 0 Å². The molecule has 13 heavy (non-hydrogen) atoms. The predicted molar refractivity (Wildman–Crippen MR) is 51.1 cm³/mol. The molecule has 0 unspecified atom stereocenters. The van der Waals surface area contributed by atoms with Gasteiger partial charge in [-0.15, -0.1) is 0 Å². The maximum Gasteiger partial charge on any atom is 0.262 e. The number of halogens is 1. The van der Waals surface area contributed by atoms with Gasteiger partial charge in [-0.3, -0.25) is 9.78 Å². The number of aromatic nitrogens is 1. The summed E-state index contributed by atoms with van der Waals surface area (Å²) in [5, 5.41) is 2.58. The molecule has 1 aromatic heterocycles. The Kier molecular flexibility index (Phi) is 3.46. The van der Waals surface area contributed by atoms with E-state index in [1.54, 1.807) is 18.5 Å². The van der Waals surface area contributed by atoms with Crippen molar-refractivity contribution < 1.29 is 4.79 Å². The van der Waals surface area contributed by atoms with Crippen LogP contribution >= 0.6 is 11.6 Å². The predicted octanol–water partition coefficient (Wildman–Crippen LogP) is 1.45. The van der Waals surface area contributed by atoms with Crippen LogP contribution in [0.2, 0.25) is 0 Å². The molecule has 3 nitrogen and oxygen atoms in total. The second kappa shape index (κ2) is 4.62. The standard InChI is InChI=1S/C9H9ClN2O/c1-7(10)9(13)12-6-8-3-2-4-11-5-8/h2-5H,1,6H2,(H,12,13). The molecule has 0 spiro atoms. The first kappa shape index (κ1) is 9.74. The number of amides is 1. The quantitative estimate of drug-likeness (QED) is 0.744. The van der Waals surface area contributed by atoms with Crippen molar-refractivity contribution in [3.05, 3.63) is 41.7 Å². The minimum atomic E-state index is -0.356. The molecule has 0 aromatic carbocycles. The Bertz CT molecular complexity index is 311. The number of carbonyl (C=O) groups excluding carboxylic acids is 1. The van der Waals surface area contributed by atoms with Crippen LogP contribution in [0.4, 0.5) is 0 Å². The summed E-state index contributed by atoms with van der Waals surface area (Å²) < 4.78 is 0. The smallest absolute Gasteiger partial charge is 0.262 e. The van der Waals surface area contributed by atoms with Crippen LogP contribution in [0.5, 0.6) is 0 Å². The van der Waals surface area contributed by atoms with Crippen LogP contribution in [-0.2, 0) is 11.3 Å². The molecule has 0 radical (unpaired) electrons. The molecule has 0 aliphatic rings. The lowest BCUT2D eigenvalue weighted by molar-refractivity contribution is -0.117. The highest BCUT2D eigenvalue weighted by Gasteiger charge is 2.01. The highest BCUT2D eigenvalue weighted by molar-refractivity contribution is 6.41. The van der Waals surface area contributed by atoms with Crippen LogP contribution in [0, 0.1) is 0 Å². The molecular weight excluding hydrogens is 188 g/mol. The summed E-state index contributed by atoms with van der Waals surface area (Å²) in [7, 11) is 0. The second-order valence-electron chi connectivity index (χ2n) is 2.45. The Balaban J connectivity index is 2.44. The fraction of sp³-hybridized carbons (Fsp3) is 0.111. The molecule has 1 amide bonds. The van der Waals surface area contributed by atoms with Gasteiger partial charge in [0, 0.05) is 18.9 Å². The zero-order valence-electron chi connectivity index (χ0n) is 6.96. The van der Waals surface area contributed by atoms with Crippen molar-refractivity contribution in [2.75, 3.05) is 0 Å². The summed E-state index contributed by atoms with van der Waals surface area (Å²) in [4.78, 5) is 14.9. The largest absolute Gasteiger partial charge is 0.347 e. The molecule has 0 atom stereocenters. The van der Waals surface area contributed by atoms with Gasteiger partial charge < -0.3 is 5.32 Å². The summed E-state index contributed by atoms with van der Waals surface area (Å²) in [5.41, 5.74) is 0.925. The molecule has 1 heterocycles. The number of hydrogen-bond donors (Lipinski definition) is 1. The van der Waals surface area contributed by atoms with E-state index in [1.165, 1.54) is 0 Å². The van der Waals surface area contributed by atoms with Crippen molar-refractivity contribution in [1.82, 2.24) is 10.3 Å². The van der Waals surface area contributed by atoms with Crippen LogP contribution < -0.4 is 5.32 Å². The van der Waals surface area contributed by atoms with E-state index in [1.807, 2.05) is 6.07 Å². The van der Waals surface area contributed by atoms with Crippen molar-refractivity contribution in [2.24, 2.45) is 0 Å². The zero-order valence-corrected chi connectivity index (χ0v) is 7.71. The van der Waals surface area contributed by atoms with E-state index in [2.05, 4.69) is 16.9 Å². The van der Waals surface area contributed by atoms with Gasteiger partial charge in [-0.1, -0.05) is 24.2 Å². The summed E-state index contributed by atoms with van der Waals surface area (Å²) in [6.45, 7) is 3.72. The van der Waals surface area contributed by atoms with Crippen LogP contribution in [0.15, 0.2) is 36.1 Å². The number of rotatable bonds is 3. The molecule has 1 N–H and O–H groups in total. The third-order valence-electron chi connectivity index (χ3n) is 1.42. The first-order valence-electron chi connectivity index (χ1n) is 3.71. The van der Waals surface area contributed by atoms with Gasteiger partial charge in [0.15, 0.2) is 0 Å². The van der Waals surface area contributed by atoms with Crippen molar-refractivity contribution in [2.45, 2.75) is 6.54 Å². The Morgan fingerprint density at radius 3 is 3.00 bits per heavy atom. The maximum absolute atomic E-state index is 11.0. The fourth-order valence-corrected chi connectivity index (χ4v) is 0.848. The number of pyridine rings is 1. The van der Waals surface area contributed by atoms with E-state index in [-0.39, 0.29) is 10.9 Å². The SMILES string of the molecule is C=C(Cl)C(=O)NCc1cccnc1. The van der Waals surface area contributed by atoms with E-state index in [0.717, 1.165) is 5.56 Å². The average Bonchev–Trinajstić information content (AvgIpc) is 2.15. The summed E-state index contributed by atoms with van der Waals surface area (Å²) in [6, 6.07) is 3.67. The molecule has 68 valence electrons. The number of carbonyl (C=O) groups is 1. The highest BCUT2D eigenvalue weighted by Crippen LogP contribution is 1.98. The van der Waals surface area contributed by atoms with Gasteiger partial charge in [0.05, 0.1) is 5.03 Å². The normalized spacial score (nSPS) is 9.31. The second-order valence-corrected chi connectivity index (χ2v) is 2.91. The molecule has 1 aromatic rings. The molecule has 4 heteroatoms. The molecule has 0 saturated carbocycles. The van der Waals surface area contributed by atoms with Crippen LogP contribution in [0.3, 0.4) is 0 Å². The lowest BCUT2D eigenvalue weighted by Gasteiger charge is -2.02. The van der Waals surface area contributed by atoms with Crippen molar-refractivity contribution in [3.63, 3.8) is 0 Å². The maximum atomic E-state index is 11.0. The summed E-state index contributed by atoms with van der Waals surface area (Å²) in [5.74, 6) is -0.356. The number of nitrogens with one attached hydrogen (secondary N) is 1. The molecular formula is C9H9ClN2O. The van der Waals surface area contributed by atoms with Crippen LogP contribution in [0.25, 0.3) is 0 Å². The Hall–Kier alpha value is -1.35. The van der Waals surface area contributed by atoms with Gasteiger partial charge in [-0.05, 0) is 11.6 Å². The van der Waals surface area contributed by atoms with Crippen molar-refractivity contribution in [1.29, 1.82) is 0 Å². The van der Waals surface area contributed by atoms with E-state index >= 15 is 0 Å². The van der Waals surface area contributed by atoms with E-state index in [4.69, 9.17) is 11.6 Å². The first-order chi connectivity index (χ1) is 6.20. The minimum absolute atomic E-state index is 0.0103. The summed E-state index contributed by atoms with van der Waals surface area (Å²) in [6.07, 6.45) is 3.35. The number of nitrogens with zero attached hydrogens (tertiary/aromatic N) is 1. The lowest BCUT2D eigenvalue weighted by Crippen LogP contribution is -2.22. The van der Waals surface area contributed by atoms with E-state index < -0.39 is 0 Å². The van der Waals surface area contributed by atoms with Crippen LogP contribution in [-0.4, -0.2) is 10.9 Å². The third kappa shape index (κ3) is 3.25. The Morgan fingerprint density at radius 1 is 1.69 bits per heavy atom. The van der Waals surface area contributed by atoms with E-state index in [9.17, 15) is 4.79 Å². The molecule has 0 fully saturated rings. The molecule has 0 aliphatic carbocycles. The molecule has 0 saturated heterocycles. The fourth-order valence-electron chi connectivity index (χ4n) is 0.781. The van der Waals surface area contributed by atoms with Crippen molar-refractivity contribution >= 4 is 17.5 Å². The van der Waals surface area contributed by atoms with Gasteiger partial charge >= 0.3 is 0 Å². The Morgan fingerprint density at radius 2 is 2.46 bits per heavy atom. The monoisotopic (exact) mass is 196 g/mol. The molecule has 0 bridgehead atoms. The van der Waals surface area contributed by atoms with Gasteiger partial charge in [0.1, 0.15) is 0 Å². The molecule has 0 aliphatic heterocycles. The van der Waals surface area contributed by atoms with Gasteiger partial charge in [0.25, 0.3) is 5.91 Å². The molecule has 1 rings (SSSR count). The minimum Gasteiger partial charge on any atom is -0.347 e. The van der Waals surface area contributed by atoms with Gasteiger partial charge in [0.2, 0.25) is 0 Å². The summed E-state index contributed by atoms with van der Waals surface area (Å²) >= 11 is 5.37. The highest BCUT2D eigenvalue weighted by atomic mass is 35.5. The third-order valence-corrected chi connectivity index (χ3v) is 1.59. The van der Waals surface area contributed by atoms with Crippen LogP contribution in [0.1, 0.15) is 5.56 Å². The lowest BCUT2D eigenvalue weighted by atomic mass is 10.3. The average molecular weight is 197 g/mol. The topological polar surface area (TPSA) is 42.0 Å².